The minimum atomic E-state index is -0.276. The van der Waals surface area contributed by atoms with E-state index in [1.165, 1.54) is 0 Å². The van der Waals surface area contributed by atoms with E-state index in [0.29, 0.717) is 38.1 Å². The van der Waals surface area contributed by atoms with Crippen molar-refractivity contribution >= 4 is 17.9 Å². The van der Waals surface area contributed by atoms with E-state index < -0.39 is 0 Å². The number of nitrogens with two attached hydrogens (primary N) is 1. The highest BCUT2D eigenvalue weighted by atomic mass is 16.5. The van der Waals surface area contributed by atoms with Crippen LogP contribution in [0.3, 0.4) is 0 Å². The fourth-order valence-electron chi connectivity index (χ4n) is 3.15. The molecule has 6 nitrogen and oxygen atoms in total. The largest absolute Gasteiger partial charge is 0.493 e. The molecule has 0 aliphatic carbocycles. The first-order valence-electron chi connectivity index (χ1n) is 8.77. The van der Waals surface area contributed by atoms with Gasteiger partial charge in [-0.3, -0.25) is 9.59 Å². The maximum atomic E-state index is 12.7. The van der Waals surface area contributed by atoms with Gasteiger partial charge in [-0.1, -0.05) is 6.92 Å². The quantitative estimate of drug-likeness (QED) is 0.885. The second kappa shape index (κ2) is 7.59. The maximum Gasteiger partial charge on any atom is 0.253 e. The van der Waals surface area contributed by atoms with Crippen molar-refractivity contribution in [3.8, 4) is 11.5 Å². The molecule has 2 aliphatic rings. The van der Waals surface area contributed by atoms with Gasteiger partial charge in [0.1, 0.15) is 18.1 Å². The molecular weight excluding hydrogens is 320 g/mol. The molecule has 3 rings (SSSR count). The number of piperidine rings is 1. The summed E-state index contributed by atoms with van der Waals surface area (Å²) >= 11 is 0. The zero-order valence-corrected chi connectivity index (χ0v) is 14.5. The summed E-state index contributed by atoms with van der Waals surface area (Å²) in [5.41, 5.74) is 6.85. The van der Waals surface area contributed by atoms with Gasteiger partial charge in [-0.2, -0.15) is 0 Å². The number of likely N-dealkylation sites (tertiary alicyclic amines) is 1. The van der Waals surface area contributed by atoms with Gasteiger partial charge in [-0.25, -0.2) is 0 Å². The second-order valence-corrected chi connectivity index (χ2v) is 6.48. The molecule has 2 N–H and O–H groups in total. The number of fused-ring (bicyclic) bond motifs is 1. The van der Waals surface area contributed by atoms with Crippen molar-refractivity contribution in [3.63, 3.8) is 0 Å². The summed E-state index contributed by atoms with van der Waals surface area (Å²) in [6.45, 7) is 4.08. The molecule has 0 saturated carbocycles. The molecule has 134 valence electrons. The van der Waals surface area contributed by atoms with Crippen LogP contribution < -0.4 is 15.2 Å². The molecule has 1 aromatic rings. The Balaban J connectivity index is 1.67. The highest BCUT2D eigenvalue weighted by molar-refractivity contribution is 5.99. The fourth-order valence-corrected chi connectivity index (χ4v) is 3.15. The van der Waals surface area contributed by atoms with E-state index >= 15 is 0 Å². The normalized spacial score (nSPS) is 17.3. The summed E-state index contributed by atoms with van der Waals surface area (Å²) in [5, 5.41) is 0. The van der Waals surface area contributed by atoms with Crippen molar-refractivity contribution in [2.45, 2.75) is 26.2 Å². The van der Waals surface area contributed by atoms with Crippen LogP contribution in [-0.2, 0) is 9.59 Å². The number of amides is 2. The summed E-state index contributed by atoms with van der Waals surface area (Å²) in [5.74, 6) is 1.08. The van der Waals surface area contributed by atoms with Crippen molar-refractivity contribution in [1.82, 2.24) is 4.90 Å². The van der Waals surface area contributed by atoms with E-state index in [9.17, 15) is 9.59 Å². The van der Waals surface area contributed by atoms with E-state index in [4.69, 9.17) is 15.2 Å². The van der Waals surface area contributed by atoms with Gasteiger partial charge in [0.05, 0.1) is 12.2 Å². The number of primary amides is 1. The zero-order valence-electron chi connectivity index (χ0n) is 14.5. The number of hydrogen-bond acceptors (Lipinski definition) is 4. The Kier molecular flexibility index (Phi) is 5.26. The molecule has 25 heavy (non-hydrogen) atoms. The van der Waals surface area contributed by atoms with Crippen LogP contribution in [0.15, 0.2) is 23.8 Å². The molecule has 2 amide bonds. The Labute approximate surface area is 147 Å². The Morgan fingerprint density at radius 2 is 2.08 bits per heavy atom. The molecule has 0 radical (unpaired) electrons. The molecule has 1 fully saturated rings. The smallest absolute Gasteiger partial charge is 0.253 e. The minimum Gasteiger partial charge on any atom is -0.493 e. The monoisotopic (exact) mass is 344 g/mol. The van der Waals surface area contributed by atoms with Gasteiger partial charge >= 0.3 is 0 Å². The maximum absolute atomic E-state index is 12.7. The highest BCUT2D eigenvalue weighted by Gasteiger charge is 2.28. The van der Waals surface area contributed by atoms with E-state index in [1.54, 1.807) is 4.90 Å². The molecule has 0 bridgehead atoms. The number of carbonyl (C=O) groups excluding carboxylic acids is 2. The van der Waals surface area contributed by atoms with Crippen LogP contribution in [0, 0.1) is 5.92 Å². The summed E-state index contributed by atoms with van der Waals surface area (Å²) in [7, 11) is 0. The predicted molar refractivity (Wildman–Crippen MR) is 94.2 cm³/mol. The van der Waals surface area contributed by atoms with Gasteiger partial charge in [-0.15, -0.1) is 0 Å². The first-order chi connectivity index (χ1) is 12.1. The Hall–Kier alpha value is -2.50. The topological polar surface area (TPSA) is 81.9 Å². The number of nitrogens with zero attached hydrogens (tertiary/aromatic N) is 1. The molecule has 0 aromatic heterocycles. The molecular formula is C19H24N2O4. The van der Waals surface area contributed by atoms with Crippen molar-refractivity contribution in [2.75, 3.05) is 26.3 Å². The zero-order chi connectivity index (χ0) is 17.8. The standard InChI is InChI=1S/C19H24N2O4/c1-2-9-24-16-4-3-14-10-15(12-25-17(14)11-16)19(23)21-7-5-13(6-8-21)18(20)22/h3-4,10-11,13H,2,5-9,12H2,1H3,(H2,20,22). The van der Waals surface area contributed by atoms with Gasteiger partial charge < -0.3 is 20.1 Å². The third kappa shape index (κ3) is 3.95. The third-order valence-corrected chi connectivity index (χ3v) is 4.63. The lowest BCUT2D eigenvalue weighted by atomic mass is 9.95. The lowest BCUT2D eigenvalue weighted by molar-refractivity contribution is -0.131. The first-order valence-corrected chi connectivity index (χ1v) is 8.77. The fraction of sp³-hybridized carbons (Fsp3) is 0.474. The number of hydrogen-bond donors (Lipinski definition) is 1. The molecule has 1 saturated heterocycles. The molecule has 2 aliphatic heterocycles. The second-order valence-electron chi connectivity index (χ2n) is 6.48. The number of rotatable bonds is 5. The summed E-state index contributed by atoms with van der Waals surface area (Å²) < 4.78 is 11.4. The molecule has 0 atom stereocenters. The average Bonchev–Trinajstić information content (AvgIpc) is 2.65. The molecule has 1 aromatic carbocycles. The van der Waals surface area contributed by atoms with E-state index in [0.717, 1.165) is 23.5 Å². The number of benzene rings is 1. The number of carbonyl (C=O) groups is 2. The SMILES string of the molecule is CCCOc1ccc2c(c1)OCC(C(=O)N1CCC(C(N)=O)CC1)=C2. The van der Waals surface area contributed by atoms with E-state index in [2.05, 4.69) is 6.92 Å². The minimum absolute atomic E-state index is 0.0279. The molecule has 6 heteroatoms. The van der Waals surface area contributed by atoms with Crippen LogP contribution in [0.4, 0.5) is 0 Å². The van der Waals surface area contributed by atoms with Crippen LogP contribution in [0.25, 0.3) is 6.08 Å². The Morgan fingerprint density at radius 1 is 1.32 bits per heavy atom. The highest BCUT2D eigenvalue weighted by Crippen LogP contribution is 2.31. The molecule has 2 heterocycles. The van der Waals surface area contributed by atoms with Crippen LogP contribution >= 0.6 is 0 Å². The van der Waals surface area contributed by atoms with Crippen LogP contribution in [0.1, 0.15) is 31.7 Å². The average molecular weight is 344 g/mol. The summed E-state index contributed by atoms with van der Waals surface area (Å²) in [6, 6.07) is 5.66. The van der Waals surface area contributed by atoms with E-state index in [-0.39, 0.29) is 24.3 Å². The first kappa shape index (κ1) is 17.3. The van der Waals surface area contributed by atoms with Crippen molar-refractivity contribution in [2.24, 2.45) is 11.7 Å². The van der Waals surface area contributed by atoms with Gasteiger partial charge in [0.15, 0.2) is 0 Å². The Bertz CT molecular complexity index is 691. The van der Waals surface area contributed by atoms with Crippen molar-refractivity contribution in [1.29, 1.82) is 0 Å². The van der Waals surface area contributed by atoms with Crippen molar-refractivity contribution < 1.29 is 19.1 Å². The molecule has 0 unspecified atom stereocenters. The molecule has 0 spiro atoms. The summed E-state index contributed by atoms with van der Waals surface area (Å²) in [6.07, 6.45) is 4.09. The van der Waals surface area contributed by atoms with Gasteiger partial charge in [0.25, 0.3) is 5.91 Å². The summed E-state index contributed by atoms with van der Waals surface area (Å²) in [4.78, 5) is 25.7. The lowest BCUT2D eigenvalue weighted by Crippen LogP contribution is -2.43. The van der Waals surface area contributed by atoms with Gasteiger partial charge in [0, 0.05) is 30.6 Å². The van der Waals surface area contributed by atoms with Crippen LogP contribution in [0.5, 0.6) is 11.5 Å². The van der Waals surface area contributed by atoms with Crippen molar-refractivity contribution in [3.05, 3.63) is 29.3 Å². The van der Waals surface area contributed by atoms with Gasteiger partial charge in [-0.05, 0) is 37.5 Å². The number of ether oxygens (including phenoxy) is 2. The predicted octanol–water partition coefficient (Wildman–Crippen LogP) is 1.98. The third-order valence-electron chi connectivity index (χ3n) is 4.63. The van der Waals surface area contributed by atoms with E-state index in [1.807, 2.05) is 24.3 Å². The Morgan fingerprint density at radius 3 is 2.76 bits per heavy atom. The lowest BCUT2D eigenvalue weighted by Gasteiger charge is -2.32. The van der Waals surface area contributed by atoms with Crippen LogP contribution in [-0.4, -0.2) is 43.0 Å². The van der Waals surface area contributed by atoms with Gasteiger partial charge in [0.2, 0.25) is 5.91 Å². The van der Waals surface area contributed by atoms with Crippen LogP contribution in [0.2, 0.25) is 0 Å².